The third-order valence-electron chi connectivity index (χ3n) is 3.57. The summed E-state index contributed by atoms with van der Waals surface area (Å²) in [6.07, 6.45) is 4.07. The molecule has 17 heavy (non-hydrogen) atoms. The van der Waals surface area contributed by atoms with Gasteiger partial charge in [0.2, 0.25) is 0 Å². The van der Waals surface area contributed by atoms with E-state index in [1.54, 1.807) is 11.8 Å². The van der Waals surface area contributed by atoms with Gasteiger partial charge in [0.1, 0.15) is 0 Å². The number of aliphatic hydroxyl groups excluding tert-OH is 1. The highest BCUT2D eigenvalue weighted by atomic mass is 32.2. The first-order chi connectivity index (χ1) is 8.19. The molecule has 0 aliphatic carbocycles. The molecule has 0 spiro atoms. The maximum absolute atomic E-state index is 9.51. The predicted molar refractivity (Wildman–Crippen MR) is 76.8 cm³/mol. The molecule has 2 nitrogen and oxygen atoms in total. The van der Waals surface area contributed by atoms with Crippen molar-refractivity contribution in [2.45, 2.75) is 31.6 Å². The van der Waals surface area contributed by atoms with E-state index in [0.29, 0.717) is 0 Å². The quantitative estimate of drug-likeness (QED) is 0.728. The maximum atomic E-state index is 9.51. The monoisotopic (exact) mass is 253 g/mol. The first-order valence-corrected chi connectivity index (χ1v) is 7.41. The minimum atomic E-state index is 0.00929. The van der Waals surface area contributed by atoms with Crippen LogP contribution in [0.1, 0.15) is 26.7 Å². The number of nitrogens with one attached hydrogen (secondary N) is 1. The molecule has 96 valence electrons. The van der Waals surface area contributed by atoms with Gasteiger partial charge in [0.05, 0.1) is 6.61 Å². The maximum Gasteiger partial charge on any atom is 0.0504 e. The molecule has 0 radical (unpaired) electrons. The Kier molecular flexibility index (Phi) is 5.86. The van der Waals surface area contributed by atoms with Gasteiger partial charge in [0.25, 0.3) is 0 Å². The Balaban J connectivity index is 2.65. The van der Waals surface area contributed by atoms with Gasteiger partial charge in [-0.1, -0.05) is 19.9 Å². The highest BCUT2D eigenvalue weighted by Crippen LogP contribution is 2.27. The summed E-state index contributed by atoms with van der Waals surface area (Å²) in [5.41, 5.74) is 1.15. The number of rotatable bonds is 7. The van der Waals surface area contributed by atoms with Gasteiger partial charge >= 0.3 is 0 Å². The second-order valence-corrected chi connectivity index (χ2v) is 5.33. The van der Waals surface area contributed by atoms with Gasteiger partial charge in [-0.3, -0.25) is 0 Å². The molecule has 0 bridgehead atoms. The molecule has 0 aliphatic heterocycles. The molecule has 0 aromatic heterocycles. The number of thioether (sulfide) groups is 1. The molecule has 3 heteroatoms. The minimum Gasteiger partial charge on any atom is -0.396 e. The third-order valence-corrected chi connectivity index (χ3v) is 4.30. The molecule has 0 atom stereocenters. The summed E-state index contributed by atoms with van der Waals surface area (Å²) in [5.74, 6) is 0. The van der Waals surface area contributed by atoms with Crippen LogP contribution in [0.4, 0.5) is 5.69 Å². The molecule has 1 aromatic carbocycles. The van der Waals surface area contributed by atoms with Gasteiger partial charge in [-0.05, 0) is 37.3 Å². The van der Waals surface area contributed by atoms with Crippen LogP contribution in [0.5, 0.6) is 0 Å². The Hall–Kier alpha value is -0.670. The summed E-state index contributed by atoms with van der Waals surface area (Å²) in [5, 5.41) is 13.0. The zero-order chi connectivity index (χ0) is 12.7. The molecule has 1 aromatic rings. The van der Waals surface area contributed by atoms with Crippen LogP contribution in [-0.4, -0.2) is 24.5 Å². The largest absolute Gasteiger partial charge is 0.396 e. The number of aliphatic hydroxyl groups is 1. The van der Waals surface area contributed by atoms with Crippen molar-refractivity contribution in [3.63, 3.8) is 0 Å². The Morgan fingerprint density at radius 1 is 1.29 bits per heavy atom. The van der Waals surface area contributed by atoms with E-state index >= 15 is 0 Å². The second kappa shape index (κ2) is 6.92. The number of benzene rings is 1. The van der Waals surface area contributed by atoms with Crippen molar-refractivity contribution in [3.8, 4) is 0 Å². The van der Waals surface area contributed by atoms with Gasteiger partial charge in [0, 0.05) is 22.5 Å². The number of anilines is 1. The fourth-order valence-electron chi connectivity index (χ4n) is 1.80. The van der Waals surface area contributed by atoms with E-state index in [9.17, 15) is 5.11 Å². The molecule has 0 fully saturated rings. The van der Waals surface area contributed by atoms with E-state index in [1.165, 1.54) is 4.90 Å². The second-order valence-electron chi connectivity index (χ2n) is 4.45. The van der Waals surface area contributed by atoms with Gasteiger partial charge in [-0.2, -0.15) is 0 Å². The van der Waals surface area contributed by atoms with Gasteiger partial charge in [-0.25, -0.2) is 0 Å². The lowest BCUT2D eigenvalue weighted by atomic mass is 9.83. The standard InChI is InChI=1S/C14H23NOS/c1-4-14(5-2,11-16)10-15-12-7-6-8-13(9-12)17-3/h6-9,15-16H,4-5,10-11H2,1-3H3. The molecular formula is C14H23NOS. The molecule has 0 saturated carbocycles. The summed E-state index contributed by atoms with van der Waals surface area (Å²) in [6, 6.07) is 8.40. The average Bonchev–Trinajstić information content (AvgIpc) is 2.41. The zero-order valence-electron chi connectivity index (χ0n) is 11.0. The van der Waals surface area contributed by atoms with Gasteiger partial charge in [-0.15, -0.1) is 11.8 Å². The average molecular weight is 253 g/mol. The van der Waals surface area contributed by atoms with E-state index < -0.39 is 0 Å². The Bertz CT molecular complexity index is 328. The molecule has 0 aliphatic rings. The lowest BCUT2D eigenvalue weighted by molar-refractivity contribution is 0.127. The highest BCUT2D eigenvalue weighted by Gasteiger charge is 2.24. The van der Waals surface area contributed by atoms with Crippen LogP contribution in [0.25, 0.3) is 0 Å². The fraction of sp³-hybridized carbons (Fsp3) is 0.571. The molecule has 1 rings (SSSR count). The first-order valence-electron chi connectivity index (χ1n) is 6.18. The van der Waals surface area contributed by atoms with E-state index in [2.05, 4.69) is 49.7 Å². The topological polar surface area (TPSA) is 32.3 Å². The van der Waals surface area contributed by atoms with Crippen LogP contribution < -0.4 is 5.32 Å². The number of hydrogen-bond donors (Lipinski definition) is 2. The number of hydrogen-bond acceptors (Lipinski definition) is 3. The summed E-state index contributed by atoms with van der Waals surface area (Å²) < 4.78 is 0. The van der Waals surface area contributed by atoms with Crippen molar-refractivity contribution in [1.82, 2.24) is 0 Å². The first kappa shape index (κ1) is 14.4. The van der Waals surface area contributed by atoms with Gasteiger partial charge in [0.15, 0.2) is 0 Å². The van der Waals surface area contributed by atoms with Crippen molar-refractivity contribution in [2.24, 2.45) is 5.41 Å². The Morgan fingerprint density at radius 2 is 2.00 bits per heavy atom. The van der Waals surface area contributed by atoms with Crippen molar-refractivity contribution in [2.75, 3.05) is 24.7 Å². The molecule has 0 amide bonds. The summed E-state index contributed by atoms with van der Waals surface area (Å²) >= 11 is 1.74. The predicted octanol–water partition coefficient (Wildman–Crippen LogP) is 3.62. The third kappa shape index (κ3) is 3.93. The molecule has 0 saturated heterocycles. The lowest BCUT2D eigenvalue weighted by Gasteiger charge is -2.30. The lowest BCUT2D eigenvalue weighted by Crippen LogP contribution is -2.32. The van der Waals surface area contributed by atoms with E-state index in [0.717, 1.165) is 25.1 Å². The van der Waals surface area contributed by atoms with Crippen LogP contribution in [-0.2, 0) is 0 Å². The van der Waals surface area contributed by atoms with Crippen molar-refractivity contribution in [1.29, 1.82) is 0 Å². The van der Waals surface area contributed by atoms with Crippen LogP contribution in [0.15, 0.2) is 29.2 Å². The van der Waals surface area contributed by atoms with E-state index in [4.69, 9.17) is 0 Å². The van der Waals surface area contributed by atoms with Crippen molar-refractivity contribution < 1.29 is 5.11 Å². The Morgan fingerprint density at radius 3 is 2.53 bits per heavy atom. The van der Waals surface area contributed by atoms with Crippen LogP contribution in [0, 0.1) is 5.41 Å². The normalized spacial score (nSPS) is 11.5. The van der Waals surface area contributed by atoms with E-state index in [1.807, 2.05) is 0 Å². The summed E-state index contributed by atoms with van der Waals surface area (Å²) in [4.78, 5) is 1.26. The van der Waals surface area contributed by atoms with Crippen molar-refractivity contribution in [3.05, 3.63) is 24.3 Å². The molecule has 2 N–H and O–H groups in total. The molecule has 0 unspecified atom stereocenters. The Labute approximate surface area is 109 Å². The van der Waals surface area contributed by atoms with Crippen LogP contribution in [0.2, 0.25) is 0 Å². The highest BCUT2D eigenvalue weighted by molar-refractivity contribution is 7.98. The SMILES string of the molecule is CCC(CC)(CO)CNc1cccc(SC)c1. The zero-order valence-corrected chi connectivity index (χ0v) is 11.8. The minimum absolute atomic E-state index is 0.00929. The molecular weight excluding hydrogens is 230 g/mol. The fourth-order valence-corrected chi connectivity index (χ4v) is 2.26. The summed E-state index contributed by atoms with van der Waals surface area (Å²) in [6.45, 7) is 5.35. The van der Waals surface area contributed by atoms with Crippen molar-refractivity contribution >= 4 is 17.4 Å². The summed E-state index contributed by atoms with van der Waals surface area (Å²) in [7, 11) is 0. The van der Waals surface area contributed by atoms with Crippen LogP contribution >= 0.6 is 11.8 Å². The van der Waals surface area contributed by atoms with E-state index in [-0.39, 0.29) is 12.0 Å². The van der Waals surface area contributed by atoms with Gasteiger partial charge < -0.3 is 10.4 Å². The smallest absolute Gasteiger partial charge is 0.0504 e. The van der Waals surface area contributed by atoms with Crippen LogP contribution in [0.3, 0.4) is 0 Å². The molecule has 0 heterocycles.